The molecule has 1 unspecified atom stereocenters. The molecule has 0 fully saturated rings. The van der Waals surface area contributed by atoms with E-state index in [1.54, 1.807) is 7.11 Å². The van der Waals surface area contributed by atoms with Crippen LogP contribution in [-0.4, -0.2) is 37.5 Å². The van der Waals surface area contributed by atoms with Crippen molar-refractivity contribution in [3.8, 4) is 0 Å². The summed E-state index contributed by atoms with van der Waals surface area (Å²) in [5.41, 5.74) is 7.07. The van der Waals surface area contributed by atoms with Gasteiger partial charge >= 0.3 is 0 Å². The molecule has 4 nitrogen and oxygen atoms in total. The van der Waals surface area contributed by atoms with Gasteiger partial charge in [0.05, 0.1) is 13.2 Å². The minimum Gasteiger partial charge on any atom is -0.382 e. The number of aromatic nitrogens is 1. The van der Waals surface area contributed by atoms with Gasteiger partial charge in [0.2, 0.25) is 0 Å². The number of rotatable bonds is 9. The Bertz CT molecular complexity index is 297. The molecule has 1 aromatic rings. The summed E-state index contributed by atoms with van der Waals surface area (Å²) in [4.78, 5) is 0. The van der Waals surface area contributed by atoms with Crippen LogP contribution in [0.15, 0.2) is 18.5 Å². The number of ether oxygens (including phenoxy) is 2. The molecule has 0 saturated heterocycles. The third kappa shape index (κ3) is 6.46. The minimum atomic E-state index is 0.225. The quantitative estimate of drug-likeness (QED) is 0.664. The van der Waals surface area contributed by atoms with Gasteiger partial charge in [-0.25, -0.2) is 0 Å². The summed E-state index contributed by atoms with van der Waals surface area (Å²) < 4.78 is 12.5. The standard InChI is InChI=1S/C13H24N2O2/c1-12(14)10-13-4-6-15(11-13)5-3-7-17-9-8-16-2/h4,6,11-12H,3,5,7-10,14H2,1-2H3. The molecule has 0 aliphatic heterocycles. The molecule has 0 radical (unpaired) electrons. The van der Waals surface area contributed by atoms with Crippen LogP contribution in [0.1, 0.15) is 18.9 Å². The lowest BCUT2D eigenvalue weighted by molar-refractivity contribution is 0.0680. The average molecular weight is 240 g/mol. The Morgan fingerprint density at radius 1 is 1.35 bits per heavy atom. The Hall–Kier alpha value is -0.840. The molecular weight excluding hydrogens is 216 g/mol. The summed E-state index contributed by atoms with van der Waals surface area (Å²) in [6.45, 7) is 5.15. The average Bonchev–Trinajstić information content (AvgIpc) is 2.70. The Balaban J connectivity index is 2.12. The monoisotopic (exact) mass is 240 g/mol. The second-order valence-electron chi connectivity index (χ2n) is 4.40. The fraction of sp³-hybridized carbons (Fsp3) is 0.692. The Morgan fingerprint density at radius 3 is 2.88 bits per heavy atom. The van der Waals surface area contributed by atoms with Gasteiger partial charge < -0.3 is 19.8 Å². The van der Waals surface area contributed by atoms with Gasteiger partial charge in [-0.1, -0.05) is 0 Å². The first-order valence-electron chi connectivity index (χ1n) is 6.19. The molecule has 0 saturated carbocycles. The van der Waals surface area contributed by atoms with Gasteiger partial charge in [-0.05, 0) is 31.4 Å². The van der Waals surface area contributed by atoms with Gasteiger partial charge in [-0.15, -0.1) is 0 Å². The molecule has 4 heteroatoms. The number of nitrogens with zero attached hydrogens (tertiary/aromatic N) is 1. The molecule has 2 N–H and O–H groups in total. The highest BCUT2D eigenvalue weighted by Gasteiger charge is 2.00. The van der Waals surface area contributed by atoms with E-state index in [1.165, 1.54) is 5.56 Å². The molecule has 1 atom stereocenters. The first-order valence-corrected chi connectivity index (χ1v) is 6.19. The number of hydrogen-bond acceptors (Lipinski definition) is 3. The van der Waals surface area contributed by atoms with Crippen molar-refractivity contribution in [2.45, 2.75) is 32.4 Å². The maximum atomic E-state index is 5.76. The van der Waals surface area contributed by atoms with Gasteiger partial charge in [-0.3, -0.25) is 0 Å². The molecule has 0 amide bonds. The highest BCUT2D eigenvalue weighted by molar-refractivity contribution is 5.11. The van der Waals surface area contributed by atoms with Crippen molar-refractivity contribution < 1.29 is 9.47 Å². The van der Waals surface area contributed by atoms with Crippen molar-refractivity contribution in [2.75, 3.05) is 26.9 Å². The Morgan fingerprint density at radius 2 is 2.18 bits per heavy atom. The second-order valence-corrected chi connectivity index (χ2v) is 4.40. The van der Waals surface area contributed by atoms with Crippen LogP contribution < -0.4 is 5.73 Å². The van der Waals surface area contributed by atoms with Crippen LogP contribution in [0.3, 0.4) is 0 Å². The van der Waals surface area contributed by atoms with Crippen LogP contribution in [0.2, 0.25) is 0 Å². The van der Waals surface area contributed by atoms with E-state index in [0.717, 1.165) is 26.0 Å². The third-order valence-electron chi connectivity index (χ3n) is 2.51. The van der Waals surface area contributed by atoms with Crippen molar-refractivity contribution in [3.63, 3.8) is 0 Å². The lowest BCUT2D eigenvalue weighted by atomic mass is 10.1. The van der Waals surface area contributed by atoms with Gasteiger partial charge in [0.25, 0.3) is 0 Å². The zero-order chi connectivity index (χ0) is 12.5. The van der Waals surface area contributed by atoms with Gasteiger partial charge in [0.15, 0.2) is 0 Å². The van der Waals surface area contributed by atoms with Gasteiger partial charge in [0, 0.05) is 38.7 Å². The normalized spacial score (nSPS) is 12.9. The lowest BCUT2D eigenvalue weighted by Gasteiger charge is -2.05. The van der Waals surface area contributed by atoms with Crippen molar-refractivity contribution in [1.82, 2.24) is 4.57 Å². The Labute approximate surface area is 104 Å². The molecule has 1 aromatic heterocycles. The van der Waals surface area contributed by atoms with Crippen molar-refractivity contribution >= 4 is 0 Å². The minimum absolute atomic E-state index is 0.225. The predicted octanol–water partition coefficient (Wildman–Crippen LogP) is 1.43. The van der Waals surface area contributed by atoms with E-state index in [9.17, 15) is 0 Å². The number of nitrogens with two attached hydrogens (primary N) is 1. The first-order chi connectivity index (χ1) is 8.22. The maximum absolute atomic E-state index is 5.76. The van der Waals surface area contributed by atoms with E-state index in [-0.39, 0.29) is 6.04 Å². The van der Waals surface area contributed by atoms with Crippen molar-refractivity contribution in [3.05, 3.63) is 24.0 Å². The van der Waals surface area contributed by atoms with Crippen LogP contribution in [-0.2, 0) is 22.4 Å². The van der Waals surface area contributed by atoms with Crippen LogP contribution in [0.25, 0.3) is 0 Å². The summed E-state index contributed by atoms with van der Waals surface area (Å²) in [7, 11) is 1.68. The fourth-order valence-electron chi connectivity index (χ4n) is 1.72. The summed E-state index contributed by atoms with van der Waals surface area (Å²) in [6.07, 6.45) is 6.23. The van der Waals surface area contributed by atoms with Crippen LogP contribution >= 0.6 is 0 Å². The van der Waals surface area contributed by atoms with E-state index in [2.05, 4.69) is 23.0 Å². The first kappa shape index (κ1) is 14.2. The summed E-state index contributed by atoms with van der Waals surface area (Å²) in [6, 6.07) is 2.36. The Kier molecular flexibility index (Phi) is 6.93. The molecule has 0 aromatic carbocycles. The highest BCUT2D eigenvalue weighted by Crippen LogP contribution is 2.04. The van der Waals surface area contributed by atoms with Gasteiger partial charge in [-0.2, -0.15) is 0 Å². The zero-order valence-corrected chi connectivity index (χ0v) is 10.9. The SMILES string of the molecule is COCCOCCCn1ccc(CC(C)N)c1. The van der Waals surface area contributed by atoms with Crippen LogP contribution in [0.5, 0.6) is 0 Å². The largest absolute Gasteiger partial charge is 0.382 e. The van der Waals surface area contributed by atoms with Crippen molar-refractivity contribution in [2.24, 2.45) is 5.73 Å². The zero-order valence-electron chi connectivity index (χ0n) is 10.9. The molecule has 1 rings (SSSR count). The molecule has 0 aliphatic rings. The predicted molar refractivity (Wildman–Crippen MR) is 69.1 cm³/mol. The maximum Gasteiger partial charge on any atom is 0.0700 e. The van der Waals surface area contributed by atoms with Crippen LogP contribution in [0, 0.1) is 0 Å². The molecular formula is C13H24N2O2. The molecule has 0 spiro atoms. The summed E-state index contributed by atoms with van der Waals surface area (Å²) in [5, 5.41) is 0. The van der Waals surface area contributed by atoms with Crippen molar-refractivity contribution in [1.29, 1.82) is 0 Å². The second kappa shape index (κ2) is 8.28. The lowest BCUT2D eigenvalue weighted by Crippen LogP contribution is -2.17. The summed E-state index contributed by atoms with van der Waals surface area (Å²) >= 11 is 0. The van der Waals surface area contributed by atoms with E-state index in [4.69, 9.17) is 15.2 Å². The number of aryl methyl sites for hydroxylation is 1. The van der Waals surface area contributed by atoms with E-state index < -0.39 is 0 Å². The molecule has 17 heavy (non-hydrogen) atoms. The molecule has 1 heterocycles. The van der Waals surface area contributed by atoms with E-state index in [1.807, 2.05) is 6.92 Å². The smallest absolute Gasteiger partial charge is 0.0700 e. The van der Waals surface area contributed by atoms with Crippen LogP contribution in [0.4, 0.5) is 0 Å². The van der Waals surface area contributed by atoms with Gasteiger partial charge in [0.1, 0.15) is 0 Å². The topological polar surface area (TPSA) is 49.4 Å². The van der Waals surface area contributed by atoms with E-state index in [0.29, 0.717) is 13.2 Å². The number of methoxy groups -OCH3 is 1. The number of hydrogen-bond donors (Lipinski definition) is 1. The summed E-state index contributed by atoms with van der Waals surface area (Å²) in [5.74, 6) is 0. The molecule has 0 aliphatic carbocycles. The highest BCUT2D eigenvalue weighted by atomic mass is 16.5. The third-order valence-corrected chi connectivity index (χ3v) is 2.51. The fourth-order valence-corrected chi connectivity index (χ4v) is 1.72. The molecule has 98 valence electrons. The molecule has 0 bridgehead atoms. The van der Waals surface area contributed by atoms with E-state index >= 15 is 0 Å².